The highest BCUT2D eigenvalue weighted by atomic mass is 16.6. The van der Waals surface area contributed by atoms with Crippen LogP contribution in [-0.2, 0) is 28.6 Å². The molecule has 0 aromatic carbocycles. The first-order valence-electron chi connectivity index (χ1n) is 34.4. The molecule has 0 saturated carbocycles. The molecule has 0 spiro atoms. The van der Waals surface area contributed by atoms with Gasteiger partial charge in [-0.25, -0.2) is 0 Å². The summed E-state index contributed by atoms with van der Waals surface area (Å²) in [5.41, 5.74) is 0. The molecule has 0 saturated heterocycles. The molecule has 6 heteroatoms. The Hall–Kier alpha value is -3.15. The molecular weight excluding hydrogens is 973 g/mol. The Bertz CT molecular complexity index is 1450. The average Bonchev–Trinajstić information content (AvgIpc) is 3.45. The smallest absolute Gasteiger partial charge is 0.306 e. The summed E-state index contributed by atoms with van der Waals surface area (Å²) in [4.78, 5) is 38.4. The van der Waals surface area contributed by atoms with Gasteiger partial charge in [-0.3, -0.25) is 14.4 Å². The summed E-state index contributed by atoms with van der Waals surface area (Å²) in [6.07, 6.45) is 87.7. The van der Waals surface area contributed by atoms with Crippen LogP contribution in [0.2, 0.25) is 0 Å². The van der Waals surface area contributed by atoms with Crippen LogP contribution in [0.1, 0.15) is 355 Å². The van der Waals surface area contributed by atoms with Gasteiger partial charge in [0.2, 0.25) is 0 Å². The summed E-state index contributed by atoms with van der Waals surface area (Å²) in [6, 6.07) is 0. The maximum Gasteiger partial charge on any atom is 0.306 e. The Morgan fingerprint density at radius 1 is 0.266 bits per heavy atom. The second-order valence-corrected chi connectivity index (χ2v) is 23.1. The molecule has 1 atom stereocenters. The molecule has 6 nitrogen and oxygen atoms in total. The molecular formula is C73H130O6. The molecule has 0 heterocycles. The van der Waals surface area contributed by atoms with Crippen molar-refractivity contribution in [1.29, 1.82) is 0 Å². The number of esters is 3. The Morgan fingerprint density at radius 2 is 0.494 bits per heavy atom. The highest BCUT2D eigenvalue weighted by Gasteiger charge is 2.19. The van der Waals surface area contributed by atoms with E-state index in [2.05, 4.69) is 93.7 Å². The molecule has 0 fully saturated rings. The summed E-state index contributed by atoms with van der Waals surface area (Å²) >= 11 is 0. The Labute approximate surface area is 491 Å². The quantitative estimate of drug-likeness (QED) is 0.0261. The number of unbranched alkanes of at least 4 members (excludes halogenated alkanes) is 40. The summed E-state index contributed by atoms with van der Waals surface area (Å²) in [5, 5.41) is 0. The van der Waals surface area contributed by atoms with E-state index >= 15 is 0 Å². The number of ether oxygens (including phenoxy) is 3. The number of carbonyl (C=O) groups excluding carboxylic acids is 3. The van der Waals surface area contributed by atoms with Crippen LogP contribution in [0.3, 0.4) is 0 Å². The second-order valence-electron chi connectivity index (χ2n) is 23.1. The van der Waals surface area contributed by atoms with Gasteiger partial charge in [0.05, 0.1) is 0 Å². The standard InChI is InChI=1S/C73H130O6/c1-4-7-10-13-16-19-22-25-28-30-32-34-36-38-40-42-45-48-51-54-57-60-63-66-72(75)78-69-70(68-77-71(74)65-62-59-56-53-50-47-44-27-24-21-18-15-12-9-6-3)79-73(76)67-64-61-58-55-52-49-46-43-41-39-37-35-33-31-29-26-23-20-17-14-11-8-5-2/h7,10,16,19,25,28,31-34,38,40,70H,4-6,8-9,11-15,17-18,20-24,26-27,29-30,35-37,39,41-69H2,1-3H3/b10-7-,19-16-,28-25-,33-31-,34-32-,40-38-. The molecule has 1 unspecified atom stereocenters. The summed E-state index contributed by atoms with van der Waals surface area (Å²) in [7, 11) is 0. The lowest BCUT2D eigenvalue weighted by Crippen LogP contribution is -2.30. The maximum absolute atomic E-state index is 13.0. The van der Waals surface area contributed by atoms with Gasteiger partial charge in [0.1, 0.15) is 13.2 Å². The molecule has 0 aliphatic heterocycles. The molecule has 0 amide bonds. The fourth-order valence-corrected chi connectivity index (χ4v) is 10.1. The van der Waals surface area contributed by atoms with E-state index in [0.717, 1.165) is 96.3 Å². The minimum atomic E-state index is -0.780. The van der Waals surface area contributed by atoms with Gasteiger partial charge in [-0.1, -0.05) is 318 Å². The van der Waals surface area contributed by atoms with Gasteiger partial charge < -0.3 is 14.2 Å². The fraction of sp³-hybridized carbons (Fsp3) is 0.795. The fourth-order valence-electron chi connectivity index (χ4n) is 10.1. The molecule has 0 radical (unpaired) electrons. The van der Waals surface area contributed by atoms with E-state index in [1.54, 1.807) is 0 Å². The highest BCUT2D eigenvalue weighted by molar-refractivity contribution is 5.71. The van der Waals surface area contributed by atoms with Gasteiger partial charge in [0.25, 0.3) is 0 Å². The van der Waals surface area contributed by atoms with E-state index in [9.17, 15) is 14.4 Å². The van der Waals surface area contributed by atoms with Crippen LogP contribution in [-0.4, -0.2) is 37.2 Å². The van der Waals surface area contributed by atoms with Gasteiger partial charge >= 0.3 is 17.9 Å². The third-order valence-corrected chi connectivity index (χ3v) is 15.2. The van der Waals surface area contributed by atoms with Crippen molar-refractivity contribution in [2.45, 2.75) is 361 Å². The average molecular weight is 1100 g/mol. The molecule has 0 rings (SSSR count). The first-order chi connectivity index (χ1) is 39.0. The minimum absolute atomic E-state index is 0.0753. The second kappa shape index (κ2) is 67.4. The van der Waals surface area contributed by atoms with Crippen molar-refractivity contribution in [3.63, 3.8) is 0 Å². The van der Waals surface area contributed by atoms with Gasteiger partial charge in [-0.2, -0.15) is 0 Å². The Morgan fingerprint density at radius 3 is 0.785 bits per heavy atom. The molecule has 0 bridgehead atoms. The molecule has 0 N–H and O–H groups in total. The zero-order valence-electron chi connectivity index (χ0n) is 52.6. The molecule has 458 valence electrons. The van der Waals surface area contributed by atoms with Crippen molar-refractivity contribution >= 4 is 17.9 Å². The van der Waals surface area contributed by atoms with Gasteiger partial charge in [-0.15, -0.1) is 0 Å². The summed E-state index contributed by atoms with van der Waals surface area (Å²) < 4.78 is 17.0. The molecule has 79 heavy (non-hydrogen) atoms. The van der Waals surface area contributed by atoms with Gasteiger partial charge in [0.15, 0.2) is 6.10 Å². The lowest BCUT2D eigenvalue weighted by atomic mass is 10.0. The van der Waals surface area contributed by atoms with Crippen molar-refractivity contribution < 1.29 is 28.6 Å². The first-order valence-corrected chi connectivity index (χ1v) is 34.4. The van der Waals surface area contributed by atoms with Crippen LogP contribution in [0.5, 0.6) is 0 Å². The largest absolute Gasteiger partial charge is 0.462 e. The Balaban J connectivity index is 4.34. The number of hydrogen-bond donors (Lipinski definition) is 0. The van der Waals surface area contributed by atoms with Crippen LogP contribution in [0, 0.1) is 0 Å². The van der Waals surface area contributed by atoms with E-state index in [1.807, 2.05) is 0 Å². The van der Waals surface area contributed by atoms with Crippen LogP contribution in [0.25, 0.3) is 0 Å². The first kappa shape index (κ1) is 75.8. The van der Waals surface area contributed by atoms with Crippen molar-refractivity contribution in [1.82, 2.24) is 0 Å². The van der Waals surface area contributed by atoms with Crippen molar-refractivity contribution in [2.24, 2.45) is 0 Å². The zero-order chi connectivity index (χ0) is 57.1. The van der Waals surface area contributed by atoms with Crippen LogP contribution < -0.4 is 0 Å². The monoisotopic (exact) mass is 1100 g/mol. The minimum Gasteiger partial charge on any atom is -0.462 e. The number of rotatable bonds is 63. The molecule has 0 aliphatic carbocycles. The third-order valence-electron chi connectivity index (χ3n) is 15.2. The number of carbonyl (C=O) groups is 3. The zero-order valence-corrected chi connectivity index (χ0v) is 52.6. The Kier molecular flexibility index (Phi) is 64.7. The van der Waals surface area contributed by atoms with E-state index in [1.165, 1.54) is 218 Å². The maximum atomic E-state index is 13.0. The van der Waals surface area contributed by atoms with E-state index < -0.39 is 6.10 Å². The summed E-state index contributed by atoms with van der Waals surface area (Å²) in [6.45, 7) is 6.57. The van der Waals surface area contributed by atoms with E-state index in [0.29, 0.717) is 19.3 Å². The molecule has 0 aromatic heterocycles. The topological polar surface area (TPSA) is 78.9 Å². The van der Waals surface area contributed by atoms with E-state index in [4.69, 9.17) is 14.2 Å². The lowest BCUT2D eigenvalue weighted by molar-refractivity contribution is -0.167. The van der Waals surface area contributed by atoms with E-state index in [-0.39, 0.29) is 31.1 Å². The van der Waals surface area contributed by atoms with Gasteiger partial charge in [0, 0.05) is 19.3 Å². The summed E-state index contributed by atoms with van der Waals surface area (Å²) in [5.74, 6) is -0.866. The van der Waals surface area contributed by atoms with Crippen molar-refractivity contribution in [2.75, 3.05) is 13.2 Å². The third kappa shape index (κ3) is 65.5. The molecule has 0 aliphatic rings. The van der Waals surface area contributed by atoms with Crippen LogP contribution >= 0.6 is 0 Å². The highest BCUT2D eigenvalue weighted by Crippen LogP contribution is 2.17. The van der Waals surface area contributed by atoms with Crippen molar-refractivity contribution in [3.05, 3.63) is 72.9 Å². The molecule has 0 aromatic rings. The van der Waals surface area contributed by atoms with Crippen molar-refractivity contribution in [3.8, 4) is 0 Å². The lowest BCUT2D eigenvalue weighted by Gasteiger charge is -2.18. The van der Waals surface area contributed by atoms with Crippen LogP contribution in [0.4, 0.5) is 0 Å². The predicted octanol–water partition coefficient (Wildman–Crippen LogP) is 23.7. The number of hydrogen-bond acceptors (Lipinski definition) is 6. The normalized spacial score (nSPS) is 12.5. The van der Waals surface area contributed by atoms with Gasteiger partial charge in [-0.05, 0) is 89.9 Å². The van der Waals surface area contributed by atoms with Crippen LogP contribution in [0.15, 0.2) is 72.9 Å². The number of allylic oxidation sites excluding steroid dienone is 12. The SMILES string of the molecule is CC/C=C\C/C=C\C/C=C\C/C=C\C/C=C\CCCCCCCCCC(=O)OCC(COC(=O)CCCCCCCCCCCCCCCCC)OC(=O)CCCCCCCCCCCCC/C=C\CCCCCCCCCC. The predicted molar refractivity (Wildman–Crippen MR) is 344 cm³/mol.